The third-order valence-electron chi connectivity index (χ3n) is 7.81. The molecule has 2 aliphatic rings. The molecule has 0 radical (unpaired) electrons. The van der Waals surface area contributed by atoms with Gasteiger partial charge in [0.15, 0.2) is 5.78 Å². The van der Waals surface area contributed by atoms with Gasteiger partial charge in [0.25, 0.3) is 0 Å². The van der Waals surface area contributed by atoms with E-state index in [1.54, 1.807) is 0 Å². The molecular weight excluding hydrogens is 478 g/mol. The van der Waals surface area contributed by atoms with Gasteiger partial charge in [-0.3, -0.25) is 4.79 Å². The molecule has 0 spiro atoms. The zero-order chi connectivity index (χ0) is 26.2. The summed E-state index contributed by atoms with van der Waals surface area (Å²) < 4.78 is 6.52. The molecule has 4 heteroatoms. The molecule has 0 aromatic heterocycles. The third-order valence-corrected chi connectivity index (χ3v) is 8.05. The summed E-state index contributed by atoms with van der Waals surface area (Å²) in [5.41, 5.74) is 5.10. The molecule has 1 aliphatic carbocycles. The van der Waals surface area contributed by atoms with Crippen molar-refractivity contribution in [1.29, 1.82) is 0 Å². The van der Waals surface area contributed by atoms with Gasteiger partial charge in [-0.1, -0.05) is 82.0 Å². The fraction of sp³-hybridized carbons (Fsp3) is 0.424. The predicted octanol–water partition coefficient (Wildman–Crippen LogP) is 9.54. The molecule has 0 fully saturated rings. The number of ketones is 1. The van der Waals surface area contributed by atoms with E-state index in [0.717, 1.165) is 47.4 Å². The Morgan fingerprint density at radius 1 is 1.05 bits per heavy atom. The van der Waals surface area contributed by atoms with Gasteiger partial charge in [-0.15, -0.1) is 0 Å². The number of nitrogens with one attached hydrogen (secondary N) is 1. The van der Waals surface area contributed by atoms with Crippen molar-refractivity contribution in [3.05, 3.63) is 76.3 Å². The van der Waals surface area contributed by atoms with Crippen LogP contribution >= 0.6 is 11.6 Å². The number of ether oxygens (including phenoxy) is 1. The number of allylic oxidation sites excluding steroid dienone is 1. The Hall–Kier alpha value is -2.78. The first-order valence-corrected chi connectivity index (χ1v) is 14.2. The van der Waals surface area contributed by atoms with Gasteiger partial charge >= 0.3 is 0 Å². The molecule has 3 nitrogen and oxygen atoms in total. The van der Waals surface area contributed by atoms with Gasteiger partial charge in [0.1, 0.15) is 5.75 Å². The van der Waals surface area contributed by atoms with Crippen LogP contribution in [0.15, 0.2) is 60.2 Å². The lowest BCUT2D eigenvalue weighted by atomic mass is 9.68. The van der Waals surface area contributed by atoms with Crippen LogP contribution in [0, 0.1) is 5.41 Å². The van der Waals surface area contributed by atoms with Gasteiger partial charge in [0, 0.05) is 33.8 Å². The Labute approximate surface area is 226 Å². The number of benzene rings is 3. The van der Waals surface area contributed by atoms with Crippen LogP contribution in [0.5, 0.6) is 5.75 Å². The Morgan fingerprint density at radius 2 is 1.86 bits per heavy atom. The summed E-state index contributed by atoms with van der Waals surface area (Å²) in [6.07, 6.45) is 7.36. The van der Waals surface area contributed by atoms with Crippen molar-refractivity contribution < 1.29 is 9.53 Å². The van der Waals surface area contributed by atoms with Crippen LogP contribution in [0.25, 0.3) is 16.3 Å². The first-order valence-electron chi connectivity index (χ1n) is 13.8. The Kier molecular flexibility index (Phi) is 7.36. The molecule has 1 N–H and O–H groups in total. The lowest BCUT2D eigenvalue weighted by Crippen LogP contribution is -2.33. The van der Waals surface area contributed by atoms with Crippen LogP contribution in [0.3, 0.4) is 0 Å². The van der Waals surface area contributed by atoms with E-state index < -0.39 is 0 Å². The maximum absolute atomic E-state index is 13.8. The minimum atomic E-state index is -0.298. The second-order valence-corrected chi connectivity index (χ2v) is 12.0. The molecule has 3 aromatic rings. The maximum Gasteiger partial charge on any atom is 0.162 e. The predicted molar refractivity (Wildman–Crippen MR) is 156 cm³/mol. The van der Waals surface area contributed by atoms with E-state index >= 15 is 0 Å². The number of hydrogen-bond donors (Lipinski definition) is 1. The molecule has 0 saturated carbocycles. The van der Waals surface area contributed by atoms with Crippen molar-refractivity contribution in [1.82, 2.24) is 0 Å². The molecular formula is C33H38ClNO2. The molecule has 194 valence electrons. The Bertz CT molecular complexity index is 1360. The monoisotopic (exact) mass is 515 g/mol. The fourth-order valence-electron chi connectivity index (χ4n) is 6.06. The van der Waals surface area contributed by atoms with Gasteiger partial charge in [0.2, 0.25) is 0 Å². The van der Waals surface area contributed by atoms with Crippen molar-refractivity contribution in [2.45, 2.75) is 84.8 Å². The quantitative estimate of drug-likeness (QED) is 0.303. The second kappa shape index (κ2) is 10.5. The lowest BCUT2D eigenvalue weighted by Gasteiger charge is -2.40. The van der Waals surface area contributed by atoms with Crippen molar-refractivity contribution >= 4 is 39.4 Å². The minimum Gasteiger partial charge on any atom is -0.490 e. The first kappa shape index (κ1) is 25.9. The average molecular weight is 516 g/mol. The van der Waals surface area contributed by atoms with Crippen LogP contribution in [-0.2, 0) is 4.79 Å². The summed E-state index contributed by atoms with van der Waals surface area (Å²) in [6, 6.07) is 18.3. The number of hydrogen-bond acceptors (Lipinski definition) is 3. The second-order valence-electron chi connectivity index (χ2n) is 11.6. The number of fused-ring (bicyclic) bond motifs is 4. The Morgan fingerprint density at radius 3 is 2.68 bits per heavy atom. The summed E-state index contributed by atoms with van der Waals surface area (Å²) in [6.45, 7) is 8.77. The number of unbranched alkanes of at least 4 members (excludes halogenated alkanes) is 3. The van der Waals surface area contributed by atoms with E-state index in [4.69, 9.17) is 16.3 Å². The molecule has 0 amide bonds. The third kappa shape index (κ3) is 5.29. The highest BCUT2D eigenvalue weighted by Crippen LogP contribution is 2.53. The molecule has 5 rings (SSSR count). The number of carbonyl (C=O) groups is 1. The first-order chi connectivity index (χ1) is 17.8. The summed E-state index contributed by atoms with van der Waals surface area (Å²) in [7, 11) is 0. The molecule has 2 atom stereocenters. The van der Waals surface area contributed by atoms with E-state index in [1.807, 2.05) is 18.2 Å². The smallest absolute Gasteiger partial charge is 0.162 e. The number of carbonyl (C=O) groups excluding carboxylic acids is 1. The van der Waals surface area contributed by atoms with Crippen LogP contribution in [0.4, 0.5) is 5.69 Å². The van der Waals surface area contributed by atoms with E-state index in [1.165, 1.54) is 35.6 Å². The number of halogens is 1. The molecule has 0 saturated heterocycles. The van der Waals surface area contributed by atoms with Crippen molar-refractivity contribution in [2.75, 3.05) is 5.32 Å². The number of anilines is 1. The zero-order valence-corrected chi connectivity index (χ0v) is 23.3. The molecule has 1 heterocycles. The van der Waals surface area contributed by atoms with E-state index in [0.29, 0.717) is 11.4 Å². The molecule has 1 aliphatic heterocycles. The summed E-state index contributed by atoms with van der Waals surface area (Å²) in [5.74, 6) is 1.01. The summed E-state index contributed by atoms with van der Waals surface area (Å²) in [5, 5.41) is 6.77. The van der Waals surface area contributed by atoms with Gasteiger partial charge < -0.3 is 10.1 Å². The molecule has 37 heavy (non-hydrogen) atoms. The van der Waals surface area contributed by atoms with E-state index in [-0.39, 0.29) is 23.3 Å². The lowest BCUT2D eigenvalue weighted by molar-refractivity contribution is -0.118. The van der Waals surface area contributed by atoms with Gasteiger partial charge in [0.05, 0.1) is 12.1 Å². The molecule has 0 unspecified atom stereocenters. The highest BCUT2D eigenvalue weighted by Gasteiger charge is 2.41. The number of rotatable bonds is 8. The van der Waals surface area contributed by atoms with Crippen molar-refractivity contribution in [2.24, 2.45) is 5.41 Å². The highest BCUT2D eigenvalue weighted by atomic mass is 35.5. The minimum absolute atomic E-state index is 0.0889. The summed E-state index contributed by atoms with van der Waals surface area (Å²) in [4.78, 5) is 13.8. The van der Waals surface area contributed by atoms with Gasteiger partial charge in [-0.25, -0.2) is 0 Å². The molecule has 0 bridgehead atoms. The number of Topliss-reactive ketones (excluding diaryl/α,β-unsaturated/α-hetero) is 1. The van der Waals surface area contributed by atoms with Crippen molar-refractivity contribution in [3.8, 4) is 5.75 Å². The SMILES string of the molecule is CCCCCC[C@H](C)Oc1ccc(Cl)cc1[C@@H]1Nc2ccc3ccccc3c2C2=C1C(=O)CC(C)(C)C2. The topological polar surface area (TPSA) is 38.3 Å². The van der Waals surface area contributed by atoms with E-state index in [2.05, 4.69) is 69.4 Å². The van der Waals surface area contributed by atoms with Crippen molar-refractivity contribution in [3.63, 3.8) is 0 Å². The highest BCUT2D eigenvalue weighted by molar-refractivity contribution is 6.30. The standard InChI is InChI=1S/C33H38ClNO2/c1-5-6-7-8-11-21(2)37-29-17-15-23(34)18-25(29)32-31-26(19-33(3,4)20-28(31)36)30-24-13-10-9-12-22(24)14-16-27(30)35-32/h9-10,12-18,21,32,35H,5-8,11,19-20H2,1-4H3/t21-,32-/m0/s1. The largest absolute Gasteiger partial charge is 0.490 e. The maximum atomic E-state index is 13.8. The van der Waals surface area contributed by atoms with E-state index in [9.17, 15) is 4.79 Å². The summed E-state index contributed by atoms with van der Waals surface area (Å²) >= 11 is 6.54. The van der Waals surface area contributed by atoms with Crippen LogP contribution < -0.4 is 10.1 Å². The zero-order valence-electron chi connectivity index (χ0n) is 22.5. The van der Waals surface area contributed by atoms with Gasteiger partial charge in [-0.05, 0) is 72.2 Å². The molecule has 3 aromatic carbocycles. The van der Waals surface area contributed by atoms with Crippen LogP contribution in [0.1, 0.15) is 89.8 Å². The van der Waals surface area contributed by atoms with Crippen LogP contribution in [0.2, 0.25) is 5.02 Å². The van der Waals surface area contributed by atoms with Crippen LogP contribution in [-0.4, -0.2) is 11.9 Å². The van der Waals surface area contributed by atoms with Gasteiger partial charge in [-0.2, -0.15) is 0 Å². The Balaban J connectivity index is 1.60. The fourth-order valence-corrected chi connectivity index (χ4v) is 6.24. The average Bonchev–Trinajstić information content (AvgIpc) is 2.86. The normalized spacial score (nSPS) is 19.3.